The molecular formula is C14H25NO4. The molecule has 3 N–H and O–H groups in total. The molecule has 110 valence electrons. The number of aliphatic hydroxyl groups excluding tert-OH is 1. The average Bonchev–Trinajstić information content (AvgIpc) is 2.21. The van der Waals surface area contributed by atoms with Crippen molar-refractivity contribution in [3.05, 3.63) is 12.2 Å². The van der Waals surface area contributed by atoms with E-state index in [-0.39, 0.29) is 30.9 Å². The number of hydrogen-bond donors (Lipinski definition) is 3. The summed E-state index contributed by atoms with van der Waals surface area (Å²) in [6.45, 7) is 10.1. The van der Waals surface area contributed by atoms with Crippen LogP contribution in [0.2, 0.25) is 0 Å². The second-order valence-electron chi connectivity index (χ2n) is 6.00. The van der Waals surface area contributed by atoms with E-state index in [0.717, 1.165) is 12.0 Å². The van der Waals surface area contributed by atoms with Crippen LogP contribution in [-0.4, -0.2) is 35.2 Å². The molecule has 0 bridgehead atoms. The van der Waals surface area contributed by atoms with E-state index in [9.17, 15) is 9.59 Å². The van der Waals surface area contributed by atoms with E-state index in [2.05, 4.69) is 32.7 Å². The summed E-state index contributed by atoms with van der Waals surface area (Å²) < 4.78 is 0. The molecule has 0 radical (unpaired) electrons. The summed E-state index contributed by atoms with van der Waals surface area (Å²) in [5.74, 6) is -1.97. The molecule has 0 aromatic carbocycles. The van der Waals surface area contributed by atoms with Gasteiger partial charge in [0.15, 0.2) is 0 Å². The zero-order valence-electron chi connectivity index (χ0n) is 12.0. The molecular weight excluding hydrogens is 246 g/mol. The molecule has 0 heterocycles. The molecule has 5 nitrogen and oxygen atoms in total. The highest BCUT2D eigenvalue weighted by atomic mass is 16.4. The minimum Gasteiger partial charge on any atom is -0.481 e. The van der Waals surface area contributed by atoms with Crippen LogP contribution < -0.4 is 5.32 Å². The first-order valence-corrected chi connectivity index (χ1v) is 6.42. The molecule has 0 aliphatic carbocycles. The van der Waals surface area contributed by atoms with Crippen LogP contribution in [0.1, 0.15) is 40.0 Å². The highest BCUT2D eigenvalue weighted by Crippen LogP contribution is 2.27. The van der Waals surface area contributed by atoms with Gasteiger partial charge in [0.25, 0.3) is 0 Å². The number of nitrogens with one attached hydrogen (secondary N) is 1. The number of carboxylic acid groups (broad SMARTS) is 1. The van der Waals surface area contributed by atoms with Crippen LogP contribution in [0, 0.1) is 11.3 Å². The van der Waals surface area contributed by atoms with Gasteiger partial charge < -0.3 is 15.5 Å². The van der Waals surface area contributed by atoms with Gasteiger partial charge >= 0.3 is 5.97 Å². The normalized spacial score (nSPS) is 12.8. The summed E-state index contributed by atoms with van der Waals surface area (Å²) in [5.41, 5.74) is 0.935. The zero-order chi connectivity index (χ0) is 15.1. The Balaban J connectivity index is 4.54. The van der Waals surface area contributed by atoms with Crippen molar-refractivity contribution in [1.29, 1.82) is 0 Å². The molecule has 0 spiro atoms. The summed E-state index contributed by atoms with van der Waals surface area (Å²) >= 11 is 0. The maximum atomic E-state index is 11.8. The third-order valence-corrected chi connectivity index (χ3v) is 2.52. The minimum absolute atomic E-state index is 0.0619. The quantitative estimate of drug-likeness (QED) is 0.585. The van der Waals surface area contributed by atoms with Crippen LogP contribution in [0.4, 0.5) is 0 Å². The van der Waals surface area contributed by atoms with E-state index in [1.54, 1.807) is 0 Å². The fraction of sp³-hybridized carbons (Fsp3) is 0.714. The lowest BCUT2D eigenvalue weighted by atomic mass is 9.84. The number of hydrogen-bond acceptors (Lipinski definition) is 3. The largest absolute Gasteiger partial charge is 0.481 e. The standard InChI is InChI=1S/C14H25NO4/c1-10(9-14(2,3)4)7-11(8-12(17)18)13(19)15-5-6-16/h11,16H,1,5-9H2,2-4H3,(H,15,19)(H,17,18). The second kappa shape index (κ2) is 7.94. The fourth-order valence-corrected chi connectivity index (χ4v) is 1.96. The summed E-state index contributed by atoms with van der Waals surface area (Å²) in [4.78, 5) is 22.6. The number of carbonyl (C=O) groups excluding carboxylic acids is 1. The Morgan fingerprint density at radius 3 is 2.26 bits per heavy atom. The molecule has 0 aromatic heterocycles. The molecule has 0 rings (SSSR count). The molecule has 1 amide bonds. The summed E-state index contributed by atoms with van der Waals surface area (Å²) in [6, 6.07) is 0. The van der Waals surface area contributed by atoms with Gasteiger partial charge in [0.2, 0.25) is 5.91 Å². The number of aliphatic carboxylic acids is 1. The van der Waals surface area contributed by atoms with E-state index in [4.69, 9.17) is 10.2 Å². The van der Waals surface area contributed by atoms with Crippen molar-refractivity contribution in [2.45, 2.75) is 40.0 Å². The molecule has 0 aromatic rings. The zero-order valence-corrected chi connectivity index (χ0v) is 12.0. The molecule has 0 saturated carbocycles. The van der Waals surface area contributed by atoms with Crippen LogP contribution >= 0.6 is 0 Å². The van der Waals surface area contributed by atoms with Crippen molar-refractivity contribution in [2.24, 2.45) is 11.3 Å². The van der Waals surface area contributed by atoms with Gasteiger partial charge in [-0.1, -0.05) is 32.9 Å². The van der Waals surface area contributed by atoms with Gasteiger partial charge in [0.1, 0.15) is 0 Å². The monoisotopic (exact) mass is 271 g/mol. The van der Waals surface area contributed by atoms with E-state index < -0.39 is 11.9 Å². The Morgan fingerprint density at radius 1 is 1.26 bits per heavy atom. The van der Waals surface area contributed by atoms with Gasteiger partial charge in [0, 0.05) is 6.54 Å². The van der Waals surface area contributed by atoms with Gasteiger partial charge in [-0.05, 0) is 18.3 Å². The second-order valence-corrected chi connectivity index (χ2v) is 6.00. The molecule has 1 unspecified atom stereocenters. The van der Waals surface area contributed by atoms with Gasteiger partial charge in [-0.15, -0.1) is 0 Å². The number of amides is 1. The molecule has 0 saturated heterocycles. The maximum absolute atomic E-state index is 11.8. The predicted octanol–water partition coefficient (Wildman–Crippen LogP) is 1.57. The summed E-state index contributed by atoms with van der Waals surface area (Å²) in [6.07, 6.45) is 0.887. The lowest BCUT2D eigenvalue weighted by Crippen LogP contribution is -2.34. The van der Waals surface area contributed by atoms with E-state index in [1.807, 2.05) is 0 Å². The van der Waals surface area contributed by atoms with Gasteiger partial charge in [-0.3, -0.25) is 9.59 Å². The highest BCUT2D eigenvalue weighted by molar-refractivity contribution is 5.83. The van der Waals surface area contributed by atoms with Crippen molar-refractivity contribution in [3.8, 4) is 0 Å². The first kappa shape index (κ1) is 17.6. The minimum atomic E-state index is -1.01. The Morgan fingerprint density at radius 2 is 1.84 bits per heavy atom. The van der Waals surface area contributed by atoms with Crippen molar-refractivity contribution in [3.63, 3.8) is 0 Å². The smallest absolute Gasteiger partial charge is 0.304 e. The first-order chi connectivity index (χ1) is 8.65. The van der Waals surface area contributed by atoms with Crippen molar-refractivity contribution in [2.75, 3.05) is 13.2 Å². The van der Waals surface area contributed by atoms with Gasteiger partial charge in [-0.2, -0.15) is 0 Å². The molecule has 0 fully saturated rings. The third kappa shape index (κ3) is 9.25. The Bertz CT molecular complexity index is 331. The molecule has 1 atom stereocenters. The van der Waals surface area contributed by atoms with Crippen LogP contribution in [-0.2, 0) is 9.59 Å². The van der Waals surface area contributed by atoms with Crippen molar-refractivity contribution >= 4 is 11.9 Å². The number of aliphatic hydroxyl groups is 1. The first-order valence-electron chi connectivity index (χ1n) is 6.42. The summed E-state index contributed by atoms with van der Waals surface area (Å²) in [5, 5.41) is 20.0. The van der Waals surface area contributed by atoms with Crippen LogP contribution in [0.3, 0.4) is 0 Å². The Hall–Kier alpha value is -1.36. The van der Waals surface area contributed by atoms with E-state index in [1.165, 1.54) is 0 Å². The van der Waals surface area contributed by atoms with Crippen molar-refractivity contribution in [1.82, 2.24) is 5.32 Å². The molecule has 5 heteroatoms. The molecule has 0 aliphatic heterocycles. The lowest BCUT2D eigenvalue weighted by molar-refractivity contribution is -0.141. The van der Waals surface area contributed by atoms with E-state index >= 15 is 0 Å². The topological polar surface area (TPSA) is 86.6 Å². The molecule has 19 heavy (non-hydrogen) atoms. The van der Waals surface area contributed by atoms with Crippen LogP contribution in [0.5, 0.6) is 0 Å². The van der Waals surface area contributed by atoms with Crippen molar-refractivity contribution < 1.29 is 19.8 Å². The molecule has 0 aliphatic rings. The fourth-order valence-electron chi connectivity index (χ4n) is 1.96. The maximum Gasteiger partial charge on any atom is 0.304 e. The number of carbonyl (C=O) groups is 2. The lowest BCUT2D eigenvalue weighted by Gasteiger charge is -2.22. The van der Waals surface area contributed by atoms with Crippen LogP contribution in [0.15, 0.2) is 12.2 Å². The average molecular weight is 271 g/mol. The van der Waals surface area contributed by atoms with E-state index in [0.29, 0.717) is 6.42 Å². The van der Waals surface area contributed by atoms with Gasteiger partial charge in [-0.25, -0.2) is 0 Å². The number of carboxylic acids is 1. The third-order valence-electron chi connectivity index (χ3n) is 2.52. The summed E-state index contributed by atoms with van der Waals surface area (Å²) in [7, 11) is 0. The SMILES string of the molecule is C=C(CC(CC(=O)O)C(=O)NCCO)CC(C)(C)C. The van der Waals surface area contributed by atoms with Gasteiger partial charge in [0.05, 0.1) is 18.9 Å². The highest BCUT2D eigenvalue weighted by Gasteiger charge is 2.23. The number of allylic oxidation sites excluding steroid dienone is 1. The predicted molar refractivity (Wildman–Crippen MR) is 73.7 cm³/mol. The Kier molecular flexibility index (Phi) is 7.37. The Labute approximate surface area is 114 Å². The van der Waals surface area contributed by atoms with Crippen LogP contribution in [0.25, 0.3) is 0 Å². The number of rotatable bonds is 8.